The molecule has 2 aromatic heterocycles. The number of fused-ring (bicyclic) bond motifs is 1. The maximum Gasteiger partial charge on any atom is 0.268 e. The van der Waals surface area contributed by atoms with Crippen LogP contribution in [-0.4, -0.2) is 48.2 Å². The minimum Gasteiger partial charge on any atom is -0.497 e. The van der Waals surface area contributed by atoms with Crippen molar-refractivity contribution in [3.8, 4) is 17.6 Å². The molecular weight excluding hydrogens is 502 g/mol. The molecule has 2 heterocycles. The monoisotopic (exact) mass is 523 g/mol. The zero-order valence-corrected chi connectivity index (χ0v) is 21.0. The van der Waals surface area contributed by atoms with Crippen molar-refractivity contribution in [2.45, 2.75) is 11.7 Å². The number of nitrogens with zero attached hydrogens (tertiary/aromatic N) is 4. The minimum absolute atomic E-state index is 0.0142. The van der Waals surface area contributed by atoms with E-state index in [1.165, 1.54) is 6.08 Å². The van der Waals surface area contributed by atoms with Gasteiger partial charge in [-0.15, -0.1) is 0 Å². The van der Waals surface area contributed by atoms with Gasteiger partial charge in [-0.2, -0.15) is 14.6 Å². The van der Waals surface area contributed by atoms with E-state index in [-0.39, 0.29) is 15.9 Å². The maximum absolute atomic E-state index is 12.7. The predicted molar refractivity (Wildman–Crippen MR) is 136 cm³/mol. The van der Waals surface area contributed by atoms with Crippen LogP contribution in [0.2, 0.25) is 0 Å². The molecule has 0 bridgehead atoms. The first-order valence-corrected chi connectivity index (χ1v) is 13.3. The summed E-state index contributed by atoms with van der Waals surface area (Å²) < 4.78 is 39.8. The molecule has 2 aromatic carbocycles. The van der Waals surface area contributed by atoms with E-state index in [1.54, 1.807) is 7.11 Å². The van der Waals surface area contributed by atoms with E-state index in [9.17, 15) is 18.5 Å². The van der Waals surface area contributed by atoms with Crippen molar-refractivity contribution in [2.24, 2.45) is 0 Å². The second-order valence-corrected chi connectivity index (χ2v) is 10.3. The number of carbonyl (C=O) groups excluding carboxylic acids is 1. The Kier molecular flexibility index (Phi) is 7.33. The van der Waals surface area contributed by atoms with Crippen molar-refractivity contribution in [1.82, 2.24) is 13.9 Å². The summed E-state index contributed by atoms with van der Waals surface area (Å²) in [7, 11) is -2.00. The van der Waals surface area contributed by atoms with Crippen LogP contribution >= 0.6 is 11.5 Å². The third-order valence-electron chi connectivity index (χ3n) is 5.10. The molecular formula is C24H21N5O5S2. The number of rotatable bonds is 9. The minimum atomic E-state index is -3.60. The fourth-order valence-corrected chi connectivity index (χ4v) is 4.83. The van der Waals surface area contributed by atoms with Gasteiger partial charge in [0.15, 0.2) is 0 Å². The molecule has 36 heavy (non-hydrogen) atoms. The summed E-state index contributed by atoms with van der Waals surface area (Å²) in [5, 5.41) is 12.5. The van der Waals surface area contributed by atoms with Crippen molar-refractivity contribution < 1.29 is 22.7 Å². The molecule has 0 atom stereocenters. The van der Waals surface area contributed by atoms with Crippen LogP contribution in [0.5, 0.6) is 11.5 Å². The Morgan fingerprint density at radius 3 is 2.58 bits per heavy atom. The molecule has 0 radical (unpaired) electrons. The number of hydrogen-bond acceptors (Lipinski definition) is 9. The summed E-state index contributed by atoms with van der Waals surface area (Å²) in [6.45, 7) is 0.937. The number of para-hydroxylation sites is 1. The number of sulfone groups is 1. The third kappa shape index (κ3) is 5.70. The van der Waals surface area contributed by atoms with E-state index in [2.05, 4.69) is 14.7 Å². The van der Waals surface area contributed by atoms with Crippen LogP contribution in [0.25, 0.3) is 17.0 Å². The number of hydrogen-bond donors (Lipinski definition) is 1. The van der Waals surface area contributed by atoms with Gasteiger partial charge in [0.2, 0.25) is 15.0 Å². The molecule has 1 N–H and O–H groups in total. The van der Waals surface area contributed by atoms with Gasteiger partial charge in [-0.25, -0.2) is 8.42 Å². The SMILES string of the molecule is COc1ccc(OCCn2cc(C=C(C#N)C(=O)Nc3nc(S(C)(=O)=O)ns3)c3ccccc32)cc1. The summed E-state index contributed by atoms with van der Waals surface area (Å²) in [6.07, 6.45) is 4.30. The molecule has 0 spiro atoms. The summed E-state index contributed by atoms with van der Waals surface area (Å²) in [4.78, 5) is 16.5. The lowest BCUT2D eigenvalue weighted by atomic mass is 10.1. The van der Waals surface area contributed by atoms with Gasteiger partial charge >= 0.3 is 0 Å². The fourth-order valence-electron chi connectivity index (χ4n) is 3.39. The number of carbonyl (C=O) groups is 1. The second kappa shape index (κ2) is 10.6. The number of aromatic nitrogens is 3. The van der Waals surface area contributed by atoms with Gasteiger partial charge in [0.05, 0.1) is 13.7 Å². The van der Waals surface area contributed by atoms with Gasteiger partial charge in [-0.3, -0.25) is 10.1 Å². The Balaban J connectivity index is 1.52. The molecule has 10 nitrogen and oxygen atoms in total. The van der Waals surface area contributed by atoms with E-state index >= 15 is 0 Å². The van der Waals surface area contributed by atoms with Crippen LogP contribution in [0.3, 0.4) is 0 Å². The van der Waals surface area contributed by atoms with Gasteiger partial charge in [-0.1, -0.05) is 18.2 Å². The Morgan fingerprint density at radius 2 is 1.92 bits per heavy atom. The van der Waals surface area contributed by atoms with Crippen LogP contribution < -0.4 is 14.8 Å². The number of anilines is 1. The summed E-state index contributed by atoms with van der Waals surface area (Å²) in [5.74, 6) is 0.745. The first-order chi connectivity index (χ1) is 17.3. The molecule has 0 fully saturated rings. The number of ether oxygens (including phenoxy) is 2. The van der Waals surface area contributed by atoms with Crippen molar-refractivity contribution in [1.29, 1.82) is 5.26 Å². The highest BCUT2D eigenvalue weighted by Crippen LogP contribution is 2.25. The molecule has 12 heteroatoms. The molecule has 184 valence electrons. The predicted octanol–water partition coefficient (Wildman–Crippen LogP) is 3.53. The molecule has 0 saturated carbocycles. The van der Waals surface area contributed by atoms with Crippen molar-refractivity contribution in [3.05, 3.63) is 65.9 Å². The molecule has 0 unspecified atom stereocenters. The van der Waals surface area contributed by atoms with Crippen molar-refractivity contribution in [2.75, 3.05) is 25.3 Å². The standard InChI is InChI=1S/C24H21N5O5S2/c1-33-18-7-9-19(10-8-18)34-12-11-29-15-17(20-5-3-4-6-21(20)29)13-16(14-25)22(30)26-23-27-24(28-35-23)36(2,31)32/h3-10,13,15H,11-12H2,1-2H3,(H,26,27,28,30). The van der Waals surface area contributed by atoms with Gasteiger partial charge in [-0.05, 0) is 36.4 Å². The Labute approximate surface area is 211 Å². The average Bonchev–Trinajstić information content (AvgIpc) is 3.48. The molecule has 0 aliphatic rings. The quantitative estimate of drug-likeness (QED) is 0.260. The number of nitriles is 1. The number of amides is 1. The Bertz CT molecular complexity index is 1580. The van der Waals surface area contributed by atoms with Gasteiger partial charge in [0.25, 0.3) is 11.1 Å². The maximum atomic E-state index is 12.7. The van der Waals surface area contributed by atoms with Crippen LogP contribution in [0.15, 0.2) is 65.5 Å². The van der Waals surface area contributed by atoms with Crippen LogP contribution in [-0.2, 0) is 21.2 Å². The number of benzene rings is 2. The molecule has 4 aromatic rings. The van der Waals surface area contributed by atoms with Gasteiger partial charge < -0.3 is 14.0 Å². The van der Waals surface area contributed by atoms with E-state index in [1.807, 2.05) is 65.4 Å². The van der Waals surface area contributed by atoms with Crippen LogP contribution in [0, 0.1) is 11.3 Å². The molecule has 0 aliphatic heterocycles. The highest BCUT2D eigenvalue weighted by molar-refractivity contribution is 7.90. The first kappa shape index (κ1) is 24.9. The molecule has 0 saturated heterocycles. The number of methoxy groups -OCH3 is 1. The highest BCUT2D eigenvalue weighted by atomic mass is 32.2. The Hall–Kier alpha value is -4.21. The normalized spacial score (nSPS) is 11.8. The topological polar surface area (TPSA) is 136 Å². The summed E-state index contributed by atoms with van der Waals surface area (Å²) in [6, 6.07) is 16.8. The zero-order valence-electron chi connectivity index (χ0n) is 19.3. The highest BCUT2D eigenvalue weighted by Gasteiger charge is 2.18. The molecule has 4 rings (SSSR count). The number of nitrogens with one attached hydrogen (secondary N) is 1. The average molecular weight is 524 g/mol. The zero-order chi connectivity index (χ0) is 25.7. The summed E-state index contributed by atoms with van der Waals surface area (Å²) in [5.41, 5.74) is 1.43. The van der Waals surface area contributed by atoms with E-state index < -0.39 is 15.7 Å². The van der Waals surface area contributed by atoms with Crippen molar-refractivity contribution in [3.63, 3.8) is 0 Å². The Morgan fingerprint density at radius 1 is 1.19 bits per heavy atom. The van der Waals surface area contributed by atoms with Crippen LogP contribution in [0.4, 0.5) is 5.13 Å². The van der Waals surface area contributed by atoms with Gasteiger partial charge in [0.1, 0.15) is 29.7 Å². The second-order valence-electron chi connectivity index (χ2n) is 7.60. The van der Waals surface area contributed by atoms with E-state index in [0.29, 0.717) is 24.5 Å². The van der Waals surface area contributed by atoms with Crippen molar-refractivity contribution >= 4 is 49.4 Å². The lowest BCUT2D eigenvalue weighted by Crippen LogP contribution is -2.13. The summed E-state index contributed by atoms with van der Waals surface area (Å²) >= 11 is 0.721. The third-order valence-corrected chi connectivity index (χ3v) is 6.70. The fraction of sp³-hybridized carbons (Fsp3) is 0.167. The van der Waals surface area contributed by atoms with Crippen LogP contribution in [0.1, 0.15) is 5.56 Å². The van der Waals surface area contributed by atoms with E-state index in [0.717, 1.165) is 34.4 Å². The first-order valence-electron chi connectivity index (χ1n) is 10.6. The lowest BCUT2D eigenvalue weighted by molar-refractivity contribution is -0.112. The lowest BCUT2D eigenvalue weighted by Gasteiger charge is -2.09. The smallest absolute Gasteiger partial charge is 0.268 e. The molecule has 0 aliphatic carbocycles. The molecule has 1 amide bonds. The van der Waals surface area contributed by atoms with E-state index in [4.69, 9.17) is 9.47 Å². The van der Waals surface area contributed by atoms with Gasteiger partial charge in [0, 0.05) is 40.5 Å². The largest absolute Gasteiger partial charge is 0.497 e.